The van der Waals surface area contributed by atoms with Gasteiger partial charge in [-0.15, -0.1) is 0 Å². The molecule has 0 unspecified atom stereocenters. The molecule has 1 heterocycles. The van der Waals surface area contributed by atoms with E-state index >= 15 is 0 Å². The Hall–Kier alpha value is -1.99. The van der Waals surface area contributed by atoms with Gasteiger partial charge in [0.15, 0.2) is 0 Å². The second-order valence-corrected chi connectivity index (χ2v) is 7.35. The highest BCUT2D eigenvalue weighted by Crippen LogP contribution is 2.24. The Labute approximate surface area is 130 Å². The normalized spacial score (nSPS) is 12.0. The summed E-state index contributed by atoms with van der Waals surface area (Å²) in [4.78, 5) is 15.9. The number of pyridine rings is 1. The van der Waals surface area contributed by atoms with Crippen LogP contribution in [0.3, 0.4) is 0 Å². The van der Waals surface area contributed by atoms with E-state index in [-0.39, 0.29) is 23.4 Å². The van der Waals surface area contributed by atoms with Gasteiger partial charge in [-0.1, -0.05) is 12.1 Å². The average Bonchev–Trinajstić information content (AvgIpc) is 2.45. The molecule has 22 heavy (non-hydrogen) atoms. The number of fused-ring (bicyclic) bond motifs is 1. The molecule has 1 amide bonds. The minimum atomic E-state index is -3.75. The Kier molecular flexibility index (Phi) is 4.77. The molecule has 0 saturated heterocycles. The van der Waals surface area contributed by atoms with E-state index in [1.807, 2.05) is 13.8 Å². The van der Waals surface area contributed by atoms with E-state index < -0.39 is 10.0 Å². The van der Waals surface area contributed by atoms with Crippen molar-refractivity contribution in [2.45, 2.75) is 24.8 Å². The highest BCUT2D eigenvalue weighted by Gasteiger charge is 2.24. The SMILES string of the molecule is CC(C)NC(=O)CN(C)S(=O)(=O)c1cccc2cnccc12. The third-order valence-corrected chi connectivity index (χ3v) is 5.01. The second kappa shape index (κ2) is 6.41. The van der Waals surface area contributed by atoms with Gasteiger partial charge in [-0.2, -0.15) is 4.31 Å². The Morgan fingerprint density at radius 3 is 2.73 bits per heavy atom. The van der Waals surface area contributed by atoms with Crippen molar-refractivity contribution in [1.29, 1.82) is 0 Å². The van der Waals surface area contributed by atoms with Crippen LogP contribution in [0.2, 0.25) is 0 Å². The molecule has 0 aliphatic heterocycles. The fraction of sp³-hybridized carbons (Fsp3) is 0.333. The van der Waals surface area contributed by atoms with Gasteiger partial charge in [-0.3, -0.25) is 9.78 Å². The number of hydrogen-bond donors (Lipinski definition) is 1. The zero-order valence-electron chi connectivity index (χ0n) is 12.8. The lowest BCUT2D eigenvalue weighted by Gasteiger charge is -2.18. The van der Waals surface area contributed by atoms with E-state index in [1.165, 1.54) is 13.1 Å². The molecule has 0 aliphatic rings. The van der Waals surface area contributed by atoms with Crippen LogP contribution in [0.25, 0.3) is 10.8 Å². The third kappa shape index (κ3) is 3.42. The van der Waals surface area contributed by atoms with Gasteiger partial charge in [0.2, 0.25) is 15.9 Å². The summed E-state index contributed by atoms with van der Waals surface area (Å²) in [7, 11) is -2.35. The lowest BCUT2D eigenvalue weighted by molar-refractivity contribution is -0.121. The van der Waals surface area contributed by atoms with Gasteiger partial charge in [0.1, 0.15) is 0 Å². The highest BCUT2D eigenvalue weighted by atomic mass is 32.2. The number of carbonyl (C=O) groups is 1. The zero-order chi connectivity index (χ0) is 16.3. The molecule has 1 aromatic heterocycles. The molecule has 1 aromatic carbocycles. The number of nitrogens with zero attached hydrogens (tertiary/aromatic N) is 2. The molecule has 0 atom stereocenters. The Morgan fingerprint density at radius 2 is 2.05 bits per heavy atom. The second-order valence-electron chi connectivity index (χ2n) is 5.34. The van der Waals surface area contributed by atoms with E-state index in [2.05, 4.69) is 10.3 Å². The number of amides is 1. The summed E-state index contributed by atoms with van der Waals surface area (Å²) in [6, 6.07) is 6.62. The number of carbonyl (C=O) groups excluding carboxylic acids is 1. The molecule has 0 bridgehead atoms. The Bertz CT molecular complexity index is 782. The number of sulfonamides is 1. The highest BCUT2D eigenvalue weighted by molar-refractivity contribution is 7.89. The number of aromatic nitrogens is 1. The van der Waals surface area contributed by atoms with E-state index in [4.69, 9.17) is 0 Å². The van der Waals surface area contributed by atoms with Crippen molar-refractivity contribution < 1.29 is 13.2 Å². The standard InChI is InChI=1S/C15H19N3O3S/c1-11(2)17-15(19)10-18(3)22(20,21)14-6-4-5-12-9-16-8-7-13(12)14/h4-9,11H,10H2,1-3H3,(H,17,19). The molecular formula is C15H19N3O3S. The van der Waals surface area contributed by atoms with Gasteiger partial charge in [-0.05, 0) is 26.0 Å². The van der Waals surface area contributed by atoms with Gasteiger partial charge < -0.3 is 5.32 Å². The van der Waals surface area contributed by atoms with Crippen molar-refractivity contribution in [1.82, 2.24) is 14.6 Å². The molecule has 0 radical (unpaired) electrons. The maximum absolute atomic E-state index is 12.7. The summed E-state index contributed by atoms with van der Waals surface area (Å²) < 4.78 is 26.4. The Morgan fingerprint density at radius 1 is 1.32 bits per heavy atom. The molecule has 0 fully saturated rings. The fourth-order valence-corrected chi connectivity index (χ4v) is 3.48. The molecule has 2 aromatic rings. The maximum Gasteiger partial charge on any atom is 0.243 e. The number of hydrogen-bond acceptors (Lipinski definition) is 4. The van der Waals surface area contributed by atoms with E-state index in [1.54, 1.807) is 30.6 Å². The van der Waals surface area contributed by atoms with Crippen molar-refractivity contribution in [2.75, 3.05) is 13.6 Å². The van der Waals surface area contributed by atoms with E-state index in [0.29, 0.717) is 5.39 Å². The number of likely N-dealkylation sites (N-methyl/N-ethyl adjacent to an activating group) is 1. The first-order valence-corrected chi connectivity index (χ1v) is 8.35. The van der Waals surface area contributed by atoms with Crippen LogP contribution in [0, 0.1) is 0 Å². The number of nitrogens with one attached hydrogen (secondary N) is 1. The van der Waals surface area contributed by atoms with Gasteiger partial charge in [0.05, 0.1) is 11.4 Å². The van der Waals surface area contributed by atoms with E-state index in [0.717, 1.165) is 9.69 Å². The van der Waals surface area contributed by atoms with Crippen LogP contribution in [0.1, 0.15) is 13.8 Å². The van der Waals surface area contributed by atoms with Crippen LogP contribution in [-0.2, 0) is 14.8 Å². The van der Waals surface area contributed by atoms with Crippen LogP contribution in [0.4, 0.5) is 0 Å². The monoisotopic (exact) mass is 321 g/mol. The van der Waals surface area contributed by atoms with Gasteiger partial charge in [0, 0.05) is 36.3 Å². The number of benzene rings is 1. The van der Waals surface area contributed by atoms with Crippen molar-refractivity contribution in [2.24, 2.45) is 0 Å². The van der Waals surface area contributed by atoms with E-state index in [9.17, 15) is 13.2 Å². The molecule has 1 N–H and O–H groups in total. The first kappa shape index (κ1) is 16.4. The quantitative estimate of drug-likeness (QED) is 0.902. The summed E-state index contributed by atoms with van der Waals surface area (Å²) in [5.41, 5.74) is 0. The molecule has 0 saturated carbocycles. The predicted octanol–water partition coefficient (Wildman–Crippen LogP) is 1.38. The molecule has 0 aliphatic carbocycles. The summed E-state index contributed by atoms with van der Waals surface area (Å²) in [5.74, 6) is -0.331. The first-order valence-electron chi connectivity index (χ1n) is 6.91. The molecule has 0 spiro atoms. The largest absolute Gasteiger partial charge is 0.353 e. The summed E-state index contributed by atoms with van der Waals surface area (Å²) >= 11 is 0. The van der Waals surface area contributed by atoms with Crippen LogP contribution < -0.4 is 5.32 Å². The van der Waals surface area contributed by atoms with Gasteiger partial charge in [0.25, 0.3) is 0 Å². The molecule has 6 nitrogen and oxygen atoms in total. The summed E-state index contributed by atoms with van der Waals surface area (Å²) in [5, 5.41) is 4.01. The smallest absolute Gasteiger partial charge is 0.243 e. The fourth-order valence-electron chi connectivity index (χ4n) is 2.14. The lowest BCUT2D eigenvalue weighted by atomic mass is 10.2. The molecule has 118 valence electrons. The predicted molar refractivity (Wildman–Crippen MR) is 84.8 cm³/mol. The van der Waals surface area contributed by atoms with Gasteiger partial charge in [-0.25, -0.2) is 8.42 Å². The van der Waals surface area contributed by atoms with Crippen LogP contribution >= 0.6 is 0 Å². The van der Waals surface area contributed by atoms with Gasteiger partial charge >= 0.3 is 0 Å². The van der Waals surface area contributed by atoms with Crippen LogP contribution in [0.5, 0.6) is 0 Å². The third-order valence-electron chi connectivity index (χ3n) is 3.14. The van der Waals surface area contributed by atoms with Crippen molar-refractivity contribution in [3.63, 3.8) is 0 Å². The Balaban J connectivity index is 2.34. The molecule has 7 heteroatoms. The van der Waals surface area contributed by atoms with Crippen molar-refractivity contribution in [3.8, 4) is 0 Å². The first-order chi connectivity index (χ1) is 10.3. The van der Waals surface area contributed by atoms with Crippen molar-refractivity contribution >= 4 is 26.7 Å². The minimum Gasteiger partial charge on any atom is -0.353 e. The average molecular weight is 321 g/mol. The topological polar surface area (TPSA) is 79.4 Å². The lowest BCUT2D eigenvalue weighted by Crippen LogP contribution is -2.40. The minimum absolute atomic E-state index is 0.0350. The van der Waals surface area contributed by atoms with Crippen molar-refractivity contribution in [3.05, 3.63) is 36.7 Å². The summed E-state index contributed by atoms with van der Waals surface area (Å²) in [6.45, 7) is 3.43. The molecular weight excluding hydrogens is 302 g/mol. The van der Waals surface area contributed by atoms with Crippen LogP contribution in [-0.4, -0.2) is 43.2 Å². The maximum atomic E-state index is 12.7. The zero-order valence-corrected chi connectivity index (χ0v) is 13.6. The van der Waals surface area contributed by atoms with Crippen LogP contribution in [0.15, 0.2) is 41.6 Å². The number of rotatable bonds is 5. The summed E-state index contributed by atoms with van der Waals surface area (Å²) in [6.07, 6.45) is 3.16. The molecule has 2 rings (SSSR count).